The molecule has 0 aromatic carbocycles. The molecule has 1 aromatic rings. The molecule has 0 aliphatic carbocycles. The summed E-state index contributed by atoms with van der Waals surface area (Å²) in [6.45, 7) is 4.40. The maximum absolute atomic E-state index is 11.1. The van der Waals surface area contributed by atoms with Crippen molar-refractivity contribution in [1.82, 2.24) is 15.3 Å². The van der Waals surface area contributed by atoms with Crippen LogP contribution in [0.15, 0.2) is 6.33 Å². The Morgan fingerprint density at radius 3 is 3.00 bits per heavy atom. The fourth-order valence-electron chi connectivity index (χ4n) is 1.89. The smallest absolute Gasteiger partial charge is 0.242 e. The molecule has 0 radical (unpaired) electrons. The molecule has 1 aliphatic rings. The molecule has 1 saturated heterocycles. The molecule has 1 aromatic heterocycles. The van der Waals surface area contributed by atoms with E-state index >= 15 is 0 Å². The van der Waals surface area contributed by atoms with Gasteiger partial charge in [-0.05, 0) is 20.3 Å². The highest BCUT2D eigenvalue weighted by Crippen LogP contribution is 2.25. The Morgan fingerprint density at radius 2 is 2.37 bits per heavy atom. The number of nitrogens with zero attached hydrogens (tertiary/aromatic N) is 2. The second-order valence-corrected chi connectivity index (χ2v) is 4.79. The van der Waals surface area contributed by atoms with Gasteiger partial charge in [0, 0.05) is 19.0 Å². The van der Waals surface area contributed by atoms with E-state index in [1.807, 2.05) is 13.8 Å². The molecule has 1 unspecified atom stereocenters. The van der Waals surface area contributed by atoms with Crippen LogP contribution in [0, 0.1) is 0 Å². The van der Waals surface area contributed by atoms with Crippen LogP contribution in [0.3, 0.4) is 0 Å². The second kappa shape index (κ2) is 5.73. The third-order valence-corrected chi connectivity index (χ3v) is 2.80. The minimum Gasteiger partial charge on any atom is -0.473 e. The number of carbonyl (C=O) groups excluding carboxylic acids is 1. The van der Waals surface area contributed by atoms with Gasteiger partial charge in [0.25, 0.3) is 0 Å². The summed E-state index contributed by atoms with van der Waals surface area (Å²) < 4.78 is 5.49. The van der Waals surface area contributed by atoms with Crippen molar-refractivity contribution < 1.29 is 9.53 Å². The number of rotatable bonds is 5. The van der Waals surface area contributed by atoms with Gasteiger partial charge in [-0.3, -0.25) is 4.79 Å². The van der Waals surface area contributed by atoms with E-state index in [9.17, 15) is 4.79 Å². The van der Waals surface area contributed by atoms with Crippen LogP contribution in [0.1, 0.15) is 26.7 Å². The van der Waals surface area contributed by atoms with Gasteiger partial charge in [-0.25, -0.2) is 4.98 Å². The number of carbonyl (C=O) groups is 1. The minimum absolute atomic E-state index is 0.000768. The molecule has 2 heterocycles. The van der Waals surface area contributed by atoms with Crippen LogP contribution in [-0.4, -0.2) is 34.6 Å². The van der Waals surface area contributed by atoms with Gasteiger partial charge < -0.3 is 21.1 Å². The van der Waals surface area contributed by atoms with Gasteiger partial charge in [-0.1, -0.05) is 0 Å². The Labute approximate surface area is 111 Å². The molecule has 2 rings (SSSR count). The number of amides is 1. The molecule has 0 spiro atoms. The summed E-state index contributed by atoms with van der Waals surface area (Å²) in [6, 6.07) is 0.122. The second-order valence-electron chi connectivity index (χ2n) is 4.79. The highest BCUT2D eigenvalue weighted by atomic mass is 16.5. The molecule has 0 saturated carbocycles. The van der Waals surface area contributed by atoms with Crippen LogP contribution in [0.2, 0.25) is 0 Å². The molecular weight excluding hydrogens is 246 g/mol. The molecule has 1 amide bonds. The predicted octanol–water partition coefficient (Wildman–Crippen LogP) is 0.536. The monoisotopic (exact) mass is 265 g/mol. The van der Waals surface area contributed by atoms with E-state index in [2.05, 4.69) is 20.6 Å². The zero-order valence-electron chi connectivity index (χ0n) is 11.1. The van der Waals surface area contributed by atoms with Crippen LogP contribution in [0.25, 0.3) is 0 Å². The van der Waals surface area contributed by atoms with Crippen molar-refractivity contribution in [1.29, 1.82) is 0 Å². The van der Waals surface area contributed by atoms with Crippen LogP contribution in [0.5, 0.6) is 5.88 Å². The van der Waals surface area contributed by atoms with E-state index in [0.717, 1.165) is 6.42 Å². The zero-order valence-corrected chi connectivity index (χ0v) is 11.1. The Balaban J connectivity index is 1.98. The number of ether oxygens (including phenoxy) is 1. The van der Waals surface area contributed by atoms with Crippen molar-refractivity contribution in [2.45, 2.75) is 38.8 Å². The lowest BCUT2D eigenvalue weighted by Crippen LogP contribution is -2.32. The summed E-state index contributed by atoms with van der Waals surface area (Å²) in [5, 5.41) is 5.99. The fraction of sp³-hybridized carbons (Fsp3) is 0.583. The first-order valence-corrected chi connectivity index (χ1v) is 6.36. The summed E-state index contributed by atoms with van der Waals surface area (Å²) in [6.07, 6.45) is 2.81. The lowest BCUT2D eigenvalue weighted by atomic mass is 10.2. The Hall–Kier alpha value is -2.05. The van der Waals surface area contributed by atoms with E-state index < -0.39 is 0 Å². The topological polar surface area (TPSA) is 102 Å². The first-order chi connectivity index (χ1) is 9.06. The maximum Gasteiger partial charge on any atom is 0.242 e. The van der Waals surface area contributed by atoms with Gasteiger partial charge in [-0.2, -0.15) is 4.98 Å². The van der Waals surface area contributed by atoms with Crippen LogP contribution >= 0.6 is 0 Å². The van der Waals surface area contributed by atoms with Gasteiger partial charge in [0.05, 0.1) is 6.10 Å². The average Bonchev–Trinajstić information content (AvgIpc) is 2.76. The van der Waals surface area contributed by atoms with Crippen molar-refractivity contribution in [2.75, 3.05) is 17.6 Å². The van der Waals surface area contributed by atoms with Gasteiger partial charge in [0.1, 0.15) is 12.0 Å². The lowest BCUT2D eigenvalue weighted by molar-refractivity contribution is -0.119. The summed E-state index contributed by atoms with van der Waals surface area (Å²) in [5.41, 5.74) is 6.33. The first-order valence-electron chi connectivity index (χ1n) is 6.36. The summed E-state index contributed by atoms with van der Waals surface area (Å²) >= 11 is 0. The van der Waals surface area contributed by atoms with Crippen molar-refractivity contribution in [3.8, 4) is 5.88 Å². The number of aromatic nitrogens is 2. The molecule has 1 fully saturated rings. The fourth-order valence-corrected chi connectivity index (χ4v) is 1.89. The summed E-state index contributed by atoms with van der Waals surface area (Å²) in [5.74, 6) is 1.00. The van der Waals surface area contributed by atoms with Crippen molar-refractivity contribution in [2.24, 2.45) is 0 Å². The SMILES string of the molecule is CC(C)Oc1ncnc(NCC2CCC(=O)N2)c1N. The number of nitrogens with two attached hydrogens (primary N) is 1. The number of hydrogen-bond donors (Lipinski definition) is 3. The normalized spacial score (nSPS) is 18.5. The first kappa shape index (κ1) is 13.4. The van der Waals surface area contributed by atoms with Gasteiger partial charge in [-0.15, -0.1) is 0 Å². The molecule has 0 bridgehead atoms. The number of anilines is 2. The van der Waals surface area contributed by atoms with Gasteiger partial charge >= 0.3 is 0 Å². The predicted molar refractivity (Wildman–Crippen MR) is 71.9 cm³/mol. The molecule has 1 aliphatic heterocycles. The number of nitrogen functional groups attached to an aromatic ring is 1. The molecule has 1 atom stereocenters. The van der Waals surface area contributed by atoms with Crippen molar-refractivity contribution in [3.63, 3.8) is 0 Å². The largest absolute Gasteiger partial charge is 0.473 e. The van der Waals surface area contributed by atoms with Gasteiger partial charge in [0.15, 0.2) is 5.82 Å². The molecule has 4 N–H and O–H groups in total. The summed E-state index contributed by atoms with van der Waals surface area (Å²) in [7, 11) is 0. The van der Waals surface area contributed by atoms with E-state index in [-0.39, 0.29) is 18.1 Å². The summed E-state index contributed by atoms with van der Waals surface area (Å²) in [4.78, 5) is 19.2. The molecule has 7 nitrogen and oxygen atoms in total. The highest BCUT2D eigenvalue weighted by Gasteiger charge is 2.21. The van der Waals surface area contributed by atoms with E-state index in [1.165, 1.54) is 6.33 Å². The standard InChI is InChI=1S/C12H19N5O2/c1-7(2)19-12-10(13)11(15-6-16-12)14-5-8-3-4-9(18)17-8/h6-8H,3-5,13H2,1-2H3,(H,17,18)(H,14,15,16). The van der Waals surface area contributed by atoms with E-state index in [1.54, 1.807) is 0 Å². The highest BCUT2D eigenvalue weighted by molar-refractivity contribution is 5.78. The third kappa shape index (κ3) is 3.46. The molecule has 104 valence electrons. The quantitative estimate of drug-likeness (QED) is 0.718. The zero-order chi connectivity index (χ0) is 13.8. The van der Waals surface area contributed by atoms with E-state index in [4.69, 9.17) is 10.5 Å². The van der Waals surface area contributed by atoms with Crippen LogP contribution in [-0.2, 0) is 4.79 Å². The van der Waals surface area contributed by atoms with E-state index in [0.29, 0.717) is 30.4 Å². The molecule has 7 heteroatoms. The lowest BCUT2D eigenvalue weighted by Gasteiger charge is -2.15. The van der Waals surface area contributed by atoms with Crippen molar-refractivity contribution in [3.05, 3.63) is 6.33 Å². The number of nitrogens with one attached hydrogen (secondary N) is 2. The van der Waals surface area contributed by atoms with Crippen LogP contribution in [0.4, 0.5) is 11.5 Å². The Kier molecular flexibility index (Phi) is 4.03. The Morgan fingerprint density at radius 1 is 1.58 bits per heavy atom. The molecular formula is C12H19N5O2. The average molecular weight is 265 g/mol. The molecule has 19 heavy (non-hydrogen) atoms. The minimum atomic E-state index is -0.000768. The van der Waals surface area contributed by atoms with Crippen LogP contribution < -0.4 is 21.1 Å². The maximum atomic E-state index is 11.1. The third-order valence-electron chi connectivity index (χ3n) is 2.80. The number of hydrogen-bond acceptors (Lipinski definition) is 6. The van der Waals surface area contributed by atoms with Crippen molar-refractivity contribution >= 4 is 17.4 Å². The Bertz CT molecular complexity index is 463. The van der Waals surface area contributed by atoms with Gasteiger partial charge in [0.2, 0.25) is 11.8 Å².